The van der Waals surface area contributed by atoms with E-state index in [0.717, 1.165) is 5.56 Å². The molecule has 0 fully saturated rings. The van der Waals surface area contributed by atoms with Gasteiger partial charge < -0.3 is 10.5 Å². The summed E-state index contributed by atoms with van der Waals surface area (Å²) in [6.07, 6.45) is 0.499. The number of rotatable bonds is 4. The molecule has 0 saturated heterocycles. The molecule has 1 heterocycles. The van der Waals surface area contributed by atoms with E-state index in [1.807, 2.05) is 24.3 Å². The summed E-state index contributed by atoms with van der Waals surface area (Å²) in [6.45, 7) is 2.03. The van der Waals surface area contributed by atoms with E-state index in [0.29, 0.717) is 24.5 Å². The Morgan fingerprint density at radius 1 is 1.44 bits per heavy atom. The SMILES string of the molecule is CCOC(=O)c1n[nH]c(Cc2ccccc2N)n1. The lowest BCUT2D eigenvalue weighted by Crippen LogP contribution is -2.06. The standard InChI is InChI=1S/C12H14N4O2/c1-2-18-12(17)11-14-10(15-16-11)7-8-5-3-4-6-9(8)13/h3-6H,2,7,13H2,1H3,(H,14,15,16). The number of nitrogens with two attached hydrogens (primary N) is 1. The van der Waals surface area contributed by atoms with E-state index < -0.39 is 5.97 Å². The van der Waals surface area contributed by atoms with Crippen molar-refractivity contribution in [3.05, 3.63) is 41.5 Å². The van der Waals surface area contributed by atoms with Gasteiger partial charge in [0.15, 0.2) is 0 Å². The van der Waals surface area contributed by atoms with E-state index in [2.05, 4.69) is 15.2 Å². The summed E-state index contributed by atoms with van der Waals surface area (Å²) in [5, 5.41) is 6.51. The topological polar surface area (TPSA) is 93.9 Å². The molecule has 0 aliphatic rings. The average molecular weight is 246 g/mol. The van der Waals surface area contributed by atoms with Crippen LogP contribution in [0.1, 0.15) is 28.9 Å². The van der Waals surface area contributed by atoms with E-state index in [1.165, 1.54) is 0 Å². The fraction of sp³-hybridized carbons (Fsp3) is 0.250. The fourth-order valence-corrected chi connectivity index (χ4v) is 1.54. The van der Waals surface area contributed by atoms with Crippen LogP contribution in [0, 0.1) is 0 Å². The lowest BCUT2D eigenvalue weighted by molar-refractivity contribution is 0.0512. The average Bonchev–Trinajstić information content (AvgIpc) is 2.81. The third-order valence-corrected chi connectivity index (χ3v) is 2.40. The number of hydrogen-bond donors (Lipinski definition) is 2. The van der Waals surface area contributed by atoms with Gasteiger partial charge in [-0.1, -0.05) is 18.2 Å². The second kappa shape index (κ2) is 5.31. The molecule has 2 rings (SSSR count). The second-order valence-corrected chi connectivity index (χ2v) is 3.70. The van der Waals surface area contributed by atoms with Crippen molar-refractivity contribution in [3.63, 3.8) is 0 Å². The first kappa shape index (κ1) is 12.1. The highest BCUT2D eigenvalue weighted by Gasteiger charge is 2.13. The molecule has 0 atom stereocenters. The Morgan fingerprint density at radius 2 is 2.22 bits per heavy atom. The Kier molecular flexibility index (Phi) is 3.57. The van der Waals surface area contributed by atoms with Gasteiger partial charge in [0.2, 0.25) is 0 Å². The number of nitrogen functional groups attached to an aromatic ring is 1. The van der Waals surface area contributed by atoms with Crippen LogP contribution < -0.4 is 5.73 Å². The van der Waals surface area contributed by atoms with Crippen LogP contribution in [0.15, 0.2) is 24.3 Å². The van der Waals surface area contributed by atoms with Crippen molar-refractivity contribution in [2.75, 3.05) is 12.3 Å². The number of nitrogens with zero attached hydrogens (tertiary/aromatic N) is 2. The minimum Gasteiger partial charge on any atom is -0.460 e. The molecule has 0 aliphatic carbocycles. The number of H-pyrrole nitrogens is 1. The maximum Gasteiger partial charge on any atom is 0.378 e. The second-order valence-electron chi connectivity index (χ2n) is 3.70. The number of aromatic nitrogens is 3. The van der Waals surface area contributed by atoms with E-state index in [-0.39, 0.29) is 5.82 Å². The van der Waals surface area contributed by atoms with Crippen LogP contribution in [0.3, 0.4) is 0 Å². The molecule has 0 aliphatic heterocycles. The molecule has 0 spiro atoms. The number of nitrogens with one attached hydrogen (secondary N) is 1. The highest BCUT2D eigenvalue weighted by molar-refractivity contribution is 5.84. The first-order valence-corrected chi connectivity index (χ1v) is 5.62. The normalized spacial score (nSPS) is 10.3. The predicted molar refractivity (Wildman–Crippen MR) is 66.0 cm³/mol. The van der Waals surface area contributed by atoms with Crippen molar-refractivity contribution in [1.82, 2.24) is 15.2 Å². The summed E-state index contributed by atoms with van der Waals surface area (Å²) in [6, 6.07) is 7.48. The Bertz CT molecular complexity index is 551. The summed E-state index contributed by atoms with van der Waals surface area (Å²) in [5.74, 6) is 0.0957. The van der Waals surface area contributed by atoms with Crippen LogP contribution in [0.5, 0.6) is 0 Å². The van der Waals surface area contributed by atoms with Crippen molar-refractivity contribution in [3.8, 4) is 0 Å². The van der Waals surface area contributed by atoms with Crippen LogP contribution in [0.2, 0.25) is 0 Å². The van der Waals surface area contributed by atoms with Crippen molar-refractivity contribution in [2.24, 2.45) is 0 Å². The van der Waals surface area contributed by atoms with E-state index >= 15 is 0 Å². The number of hydrogen-bond acceptors (Lipinski definition) is 5. The van der Waals surface area contributed by atoms with E-state index in [4.69, 9.17) is 10.5 Å². The van der Waals surface area contributed by atoms with Crippen molar-refractivity contribution in [2.45, 2.75) is 13.3 Å². The van der Waals surface area contributed by atoms with Gasteiger partial charge in [-0.15, -0.1) is 5.10 Å². The Hall–Kier alpha value is -2.37. The number of esters is 1. The minimum atomic E-state index is -0.527. The summed E-state index contributed by atoms with van der Waals surface area (Å²) in [7, 11) is 0. The molecule has 6 heteroatoms. The Labute approximate surface area is 104 Å². The molecule has 0 unspecified atom stereocenters. The lowest BCUT2D eigenvalue weighted by Gasteiger charge is -2.01. The Morgan fingerprint density at radius 3 is 2.94 bits per heavy atom. The zero-order valence-corrected chi connectivity index (χ0v) is 10.0. The maximum absolute atomic E-state index is 11.4. The van der Waals surface area contributed by atoms with Gasteiger partial charge in [0.1, 0.15) is 5.82 Å². The highest BCUT2D eigenvalue weighted by Crippen LogP contribution is 2.13. The first-order chi connectivity index (χ1) is 8.70. The van der Waals surface area contributed by atoms with Crippen molar-refractivity contribution in [1.29, 1.82) is 0 Å². The number of benzene rings is 1. The van der Waals surface area contributed by atoms with Crippen LogP contribution in [0.25, 0.3) is 0 Å². The number of carbonyl (C=O) groups is 1. The molecular weight excluding hydrogens is 232 g/mol. The number of ether oxygens (including phenoxy) is 1. The smallest absolute Gasteiger partial charge is 0.378 e. The number of para-hydroxylation sites is 1. The molecule has 94 valence electrons. The van der Waals surface area contributed by atoms with Gasteiger partial charge in [0.25, 0.3) is 5.82 Å². The molecule has 0 amide bonds. The molecule has 3 N–H and O–H groups in total. The van der Waals surface area contributed by atoms with E-state index in [1.54, 1.807) is 6.92 Å². The maximum atomic E-state index is 11.4. The Balaban J connectivity index is 2.12. The van der Waals surface area contributed by atoms with Crippen molar-refractivity contribution >= 4 is 11.7 Å². The summed E-state index contributed by atoms with van der Waals surface area (Å²) in [4.78, 5) is 15.5. The first-order valence-electron chi connectivity index (χ1n) is 5.62. The molecule has 0 saturated carbocycles. The van der Waals surface area contributed by atoms with E-state index in [9.17, 15) is 4.79 Å². The van der Waals surface area contributed by atoms with Gasteiger partial charge in [-0.05, 0) is 18.6 Å². The molecule has 18 heavy (non-hydrogen) atoms. The largest absolute Gasteiger partial charge is 0.460 e. The molecule has 1 aromatic heterocycles. The van der Waals surface area contributed by atoms with Crippen LogP contribution in [0.4, 0.5) is 5.69 Å². The van der Waals surface area contributed by atoms with Crippen LogP contribution in [-0.2, 0) is 11.2 Å². The quantitative estimate of drug-likeness (QED) is 0.623. The van der Waals surface area contributed by atoms with Gasteiger partial charge in [-0.2, -0.15) is 0 Å². The monoisotopic (exact) mass is 246 g/mol. The molecular formula is C12H14N4O2. The molecule has 2 aromatic rings. The summed E-state index contributed by atoms with van der Waals surface area (Å²) < 4.78 is 4.81. The molecule has 0 bridgehead atoms. The predicted octanol–water partition coefficient (Wildman–Crippen LogP) is 1.15. The summed E-state index contributed by atoms with van der Waals surface area (Å²) >= 11 is 0. The molecule has 1 aromatic carbocycles. The zero-order valence-electron chi connectivity index (χ0n) is 10.0. The number of aromatic amines is 1. The van der Waals surface area contributed by atoms with Gasteiger partial charge in [-0.25, -0.2) is 9.78 Å². The van der Waals surface area contributed by atoms with Crippen molar-refractivity contribution < 1.29 is 9.53 Å². The third-order valence-electron chi connectivity index (χ3n) is 2.40. The fourth-order valence-electron chi connectivity index (χ4n) is 1.54. The van der Waals surface area contributed by atoms with Gasteiger partial charge in [-0.3, -0.25) is 5.10 Å². The number of anilines is 1. The third kappa shape index (κ3) is 2.65. The van der Waals surface area contributed by atoms with Gasteiger partial charge >= 0.3 is 5.97 Å². The molecule has 6 nitrogen and oxygen atoms in total. The lowest BCUT2D eigenvalue weighted by atomic mass is 10.1. The van der Waals surface area contributed by atoms with Crippen LogP contribution in [-0.4, -0.2) is 27.8 Å². The number of carbonyl (C=O) groups excluding carboxylic acids is 1. The molecule has 0 radical (unpaired) electrons. The van der Waals surface area contributed by atoms with Gasteiger partial charge in [0, 0.05) is 12.1 Å². The van der Waals surface area contributed by atoms with Crippen LogP contribution >= 0.6 is 0 Å². The highest BCUT2D eigenvalue weighted by atomic mass is 16.5. The zero-order chi connectivity index (χ0) is 13.0. The van der Waals surface area contributed by atoms with Gasteiger partial charge in [0.05, 0.1) is 6.61 Å². The summed E-state index contributed by atoms with van der Waals surface area (Å²) in [5.41, 5.74) is 7.45. The minimum absolute atomic E-state index is 0.0429.